The van der Waals surface area contributed by atoms with Crippen LogP contribution in [0.1, 0.15) is 76.7 Å². The summed E-state index contributed by atoms with van der Waals surface area (Å²) in [5.41, 5.74) is 4.84. The van der Waals surface area contributed by atoms with Crippen LogP contribution in [0.5, 0.6) is 0 Å². The SMILES string of the molecule is CC(=O)[C@@]1(C#CCO)CC[C@H]2[C@@H]3CC(F)C4=CC(=NO)CCC4=C3[C@@H](c3ccc(N4CCCC4)cc3)C[C@@]21C. The minimum Gasteiger partial charge on any atom is -0.411 e. The van der Waals surface area contributed by atoms with Crippen LogP contribution in [0.4, 0.5) is 10.1 Å². The molecule has 0 bridgehead atoms. The Bertz CT molecular complexity index is 1310. The highest BCUT2D eigenvalue weighted by Gasteiger charge is 2.65. The molecule has 1 heterocycles. The quantitative estimate of drug-likeness (QED) is 0.287. The van der Waals surface area contributed by atoms with Gasteiger partial charge in [-0.25, -0.2) is 4.39 Å². The average molecular weight is 531 g/mol. The zero-order chi connectivity index (χ0) is 27.4. The number of oxime groups is 1. The molecule has 39 heavy (non-hydrogen) atoms. The molecule has 6 heteroatoms. The number of carbonyl (C=O) groups excluding carboxylic acids is 1. The Morgan fingerprint density at radius 2 is 1.95 bits per heavy atom. The van der Waals surface area contributed by atoms with E-state index >= 15 is 4.39 Å². The molecule has 2 saturated carbocycles. The van der Waals surface area contributed by atoms with Gasteiger partial charge >= 0.3 is 0 Å². The maximum absolute atomic E-state index is 15.9. The number of anilines is 1. The van der Waals surface area contributed by atoms with Crippen molar-refractivity contribution in [2.75, 3.05) is 24.6 Å². The molecule has 0 aromatic heterocycles. The van der Waals surface area contributed by atoms with E-state index in [1.54, 1.807) is 13.0 Å². The molecular formula is C33H39FN2O3. The van der Waals surface area contributed by atoms with Crippen LogP contribution < -0.4 is 4.90 Å². The number of Topliss-reactive ketones (excluding diaryl/α,β-unsaturated/α-hetero) is 1. The van der Waals surface area contributed by atoms with Gasteiger partial charge in [-0.2, -0.15) is 0 Å². The van der Waals surface area contributed by atoms with Crippen molar-refractivity contribution in [3.05, 3.63) is 52.6 Å². The van der Waals surface area contributed by atoms with Gasteiger partial charge < -0.3 is 15.2 Å². The summed E-state index contributed by atoms with van der Waals surface area (Å²) in [6, 6.07) is 8.93. The van der Waals surface area contributed by atoms with Gasteiger partial charge in [-0.3, -0.25) is 4.79 Å². The maximum atomic E-state index is 15.9. The van der Waals surface area contributed by atoms with Gasteiger partial charge in [0.15, 0.2) is 0 Å². The van der Waals surface area contributed by atoms with E-state index in [9.17, 15) is 15.1 Å². The fraction of sp³-hybridized carbons (Fsp3) is 0.576. The predicted molar refractivity (Wildman–Crippen MR) is 151 cm³/mol. The van der Waals surface area contributed by atoms with Crippen LogP contribution in [-0.2, 0) is 4.79 Å². The summed E-state index contributed by atoms with van der Waals surface area (Å²) in [5, 5.41) is 22.4. The molecular weight excluding hydrogens is 491 g/mol. The van der Waals surface area contributed by atoms with Crippen molar-refractivity contribution in [1.82, 2.24) is 0 Å². The van der Waals surface area contributed by atoms with E-state index in [-0.39, 0.29) is 30.1 Å². The number of hydrogen-bond donors (Lipinski definition) is 2. The molecule has 1 aromatic rings. The Kier molecular flexibility index (Phi) is 6.70. The fourth-order valence-electron chi connectivity index (χ4n) is 9.01. The second kappa shape index (κ2) is 9.93. The minimum atomic E-state index is -1.12. The van der Waals surface area contributed by atoms with E-state index in [0.29, 0.717) is 37.0 Å². The largest absolute Gasteiger partial charge is 0.411 e. The number of rotatable bonds is 3. The predicted octanol–water partition coefficient (Wildman–Crippen LogP) is 5.97. The Morgan fingerprint density at radius 1 is 1.21 bits per heavy atom. The minimum absolute atomic E-state index is 0.0268. The third-order valence-electron chi connectivity index (χ3n) is 10.8. The number of fused-ring (bicyclic) bond motifs is 4. The lowest BCUT2D eigenvalue weighted by Crippen LogP contribution is -2.51. The summed E-state index contributed by atoms with van der Waals surface area (Å²) in [7, 11) is 0. The molecule has 3 fully saturated rings. The van der Waals surface area contributed by atoms with E-state index < -0.39 is 17.0 Å². The normalized spacial score (nSPS) is 36.6. The molecule has 1 aromatic carbocycles. The Morgan fingerprint density at radius 3 is 2.62 bits per heavy atom. The number of benzene rings is 1. The summed E-state index contributed by atoms with van der Waals surface area (Å²) < 4.78 is 15.9. The monoisotopic (exact) mass is 530 g/mol. The van der Waals surface area contributed by atoms with Crippen LogP contribution in [0.2, 0.25) is 0 Å². The Labute approximate surface area is 230 Å². The average Bonchev–Trinajstić information content (AvgIpc) is 3.58. The summed E-state index contributed by atoms with van der Waals surface area (Å²) in [5.74, 6) is 6.38. The molecule has 1 saturated heterocycles. The van der Waals surface area contributed by atoms with Gasteiger partial charge in [0.1, 0.15) is 18.6 Å². The molecule has 4 aliphatic carbocycles. The van der Waals surface area contributed by atoms with Gasteiger partial charge in [-0.1, -0.05) is 41.6 Å². The van der Waals surface area contributed by atoms with Crippen molar-refractivity contribution in [2.45, 2.75) is 77.3 Å². The Hall–Kier alpha value is -2.91. The number of hydrogen-bond acceptors (Lipinski definition) is 5. The van der Waals surface area contributed by atoms with Crippen molar-refractivity contribution in [3.8, 4) is 11.8 Å². The van der Waals surface area contributed by atoms with Crippen LogP contribution >= 0.6 is 0 Å². The van der Waals surface area contributed by atoms with Crippen molar-refractivity contribution >= 4 is 17.2 Å². The molecule has 5 nitrogen and oxygen atoms in total. The summed E-state index contributed by atoms with van der Waals surface area (Å²) in [6.07, 6.45) is 6.98. The van der Waals surface area contributed by atoms with Gasteiger partial charge in [-0.05, 0) is 110 Å². The highest BCUT2D eigenvalue weighted by molar-refractivity contribution is 5.97. The van der Waals surface area contributed by atoms with Gasteiger partial charge in [0.2, 0.25) is 0 Å². The number of allylic oxidation sites excluding steroid dienone is 4. The second-order valence-electron chi connectivity index (χ2n) is 12.5. The molecule has 1 unspecified atom stereocenters. The third-order valence-corrected chi connectivity index (χ3v) is 10.8. The molecule has 6 atom stereocenters. The highest BCUT2D eigenvalue weighted by atomic mass is 19.1. The van der Waals surface area contributed by atoms with Crippen LogP contribution in [0.3, 0.4) is 0 Å². The first kappa shape index (κ1) is 26.3. The summed E-state index contributed by atoms with van der Waals surface area (Å²) in [6.45, 7) is 5.76. The van der Waals surface area contributed by atoms with Crippen molar-refractivity contribution in [3.63, 3.8) is 0 Å². The van der Waals surface area contributed by atoms with Crippen LogP contribution in [0.15, 0.2) is 52.2 Å². The van der Waals surface area contributed by atoms with E-state index in [4.69, 9.17) is 0 Å². The lowest BCUT2D eigenvalue weighted by atomic mass is 9.48. The van der Waals surface area contributed by atoms with Gasteiger partial charge in [0.05, 0.1) is 11.1 Å². The molecule has 1 aliphatic heterocycles. The number of ketones is 1. The van der Waals surface area contributed by atoms with E-state index in [0.717, 1.165) is 31.5 Å². The smallest absolute Gasteiger partial charge is 0.148 e. The van der Waals surface area contributed by atoms with E-state index in [2.05, 4.69) is 53.1 Å². The van der Waals surface area contributed by atoms with Gasteiger partial charge in [0, 0.05) is 24.7 Å². The zero-order valence-corrected chi connectivity index (χ0v) is 23.0. The second-order valence-corrected chi connectivity index (χ2v) is 12.5. The number of halogens is 1. The number of aliphatic hydroxyl groups excluding tert-OH is 1. The fourth-order valence-corrected chi connectivity index (χ4v) is 9.01. The van der Waals surface area contributed by atoms with Gasteiger partial charge in [0.25, 0.3) is 0 Å². The van der Waals surface area contributed by atoms with E-state index in [1.165, 1.54) is 29.7 Å². The van der Waals surface area contributed by atoms with Crippen LogP contribution in [-0.4, -0.2) is 47.7 Å². The molecule has 206 valence electrons. The number of carbonyl (C=O) groups is 1. The van der Waals surface area contributed by atoms with Crippen LogP contribution in [0.25, 0.3) is 0 Å². The molecule has 5 aliphatic rings. The van der Waals surface area contributed by atoms with Crippen molar-refractivity contribution in [1.29, 1.82) is 0 Å². The molecule has 6 rings (SSSR count). The summed E-state index contributed by atoms with van der Waals surface area (Å²) >= 11 is 0. The van der Waals surface area contributed by atoms with Crippen molar-refractivity contribution < 1.29 is 19.5 Å². The van der Waals surface area contributed by atoms with Gasteiger partial charge in [-0.15, -0.1) is 0 Å². The lowest BCUT2D eigenvalue weighted by molar-refractivity contribution is -0.130. The third kappa shape index (κ3) is 3.99. The first-order valence-electron chi connectivity index (χ1n) is 14.6. The lowest BCUT2D eigenvalue weighted by Gasteiger charge is -2.55. The maximum Gasteiger partial charge on any atom is 0.148 e. The molecule has 2 N–H and O–H groups in total. The number of aliphatic hydroxyl groups is 1. The first-order chi connectivity index (χ1) is 18.8. The molecule has 0 radical (unpaired) electrons. The van der Waals surface area contributed by atoms with Crippen LogP contribution in [0, 0.1) is 34.5 Å². The zero-order valence-electron chi connectivity index (χ0n) is 23.0. The highest BCUT2D eigenvalue weighted by Crippen LogP contribution is 2.69. The summed E-state index contributed by atoms with van der Waals surface area (Å²) in [4.78, 5) is 15.8. The first-order valence-corrected chi connectivity index (χ1v) is 14.6. The number of nitrogens with zero attached hydrogens (tertiary/aromatic N) is 2. The Balaban J connectivity index is 1.51. The van der Waals surface area contributed by atoms with Crippen molar-refractivity contribution in [2.24, 2.45) is 27.8 Å². The molecule has 0 amide bonds. The number of alkyl halides is 1. The standard InChI is InChI=1S/C33H39FN2O3/c1-21(38)33(13-5-17-37)14-12-29-27-19-30(34)26-18-23(35-39)8-11-25(26)31(27)28(20-32(29,33)2)22-6-9-24(10-7-22)36-15-3-4-16-36/h6-7,9-10,18,27-30,37,39H,3-4,8,11-12,14-17,19-20H2,1-2H3/t27-,28+,29-,30?,32-,33+/m0/s1. The van der Waals surface area contributed by atoms with E-state index in [1.807, 2.05) is 0 Å². The molecule has 0 spiro atoms. The topological polar surface area (TPSA) is 73.1 Å².